The van der Waals surface area contributed by atoms with Crippen LogP contribution in [0.3, 0.4) is 0 Å². The molecule has 3 heterocycles. The molecule has 2 fully saturated rings. The summed E-state index contributed by atoms with van der Waals surface area (Å²) in [5.74, 6) is 0.736. The maximum atomic E-state index is 14.3. The molecule has 240 valence electrons. The Morgan fingerprint density at radius 1 is 1.02 bits per heavy atom. The first kappa shape index (κ1) is 31.5. The van der Waals surface area contributed by atoms with Crippen LogP contribution in [0.1, 0.15) is 67.4 Å². The number of piperidine rings is 1. The minimum Gasteiger partial charge on any atom is -0.475 e. The summed E-state index contributed by atoms with van der Waals surface area (Å²) >= 11 is 0. The third kappa shape index (κ3) is 6.72. The zero-order valence-electron chi connectivity index (χ0n) is 27.0. The van der Waals surface area contributed by atoms with Gasteiger partial charge in [0.05, 0.1) is 16.6 Å². The highest BCUT2D eigenvalue weighted by atomic mass is 32.2. The van der Waals surface area contributed by atoms with Gasteiger partial charge in [-0.05, 0) is 113 Å². The van der Waals surface area contributed by atoms with Gasteiger partial charge in [-0.1, -0.05) is 38.1 Å². The van der Waals surface area contributed by atoms with Crippen molar-refractivity contribution in [2.45, 2.75) is 70.7 Å². The predicted molar refractivity (Wildman–Crippen MR) is 176 cm³/mol. The molecule has 1 aliphatic carbocycles. The smallest absolute Gasteiger partial charge is 0.264 e. The van der Waals surface area contributed by atoms with Gasteiger partial charge in [0, 0.05) is 23.7 Å². The van der Waals surface area contributed by atoms with Crippen molar-refractivity contribution in [3.05, 3.63) is 65.2 Å². The highest BCUT2D eigenvalue weighted by molar-refractivity contribution is 7.92. The number of benzene rings is 2. The Labute approximate surface area is 267 Å². The number of amides is 1. The first-order valence-electron chi connectivity index (χ1n) is 16.1. The highest BCUT2D eigenvalue weighted by Gasteiger charge is 2.46. The van der Waals surface area contributed by atoms with Gasteiger partial charge < -0.3 is 14.5 Å². The van der Waals surface area contributed by atoms with E-state index < -0.39 is 10.0 Å². The molecule has 45 heavy (non-hydrogen) atoms. The third-order valence-electron chi connectivity index (χ3n) is 9.87. The van der Waals surface area contributed by atoms with Gasteiger partial charge in [0.25, 0.3) is 15.9 Å². The Kier molecular flexibility index (Phi) is 8.65. The maximum Gasteiger partial charge on any atom is 0.264 e. The van der Waals surface area contributed by atoms with E-state index in [2.05, 4.69) is 40.5 Å². The van der Waals surface area contributed by atoms with Gasteiger partial charge in [-0.15, -0.1) is 0 Å². The van der Waals surface area contributed by atoms with Crippen LogP contribution in [0.5, 0.6) is 5.88 Å². The molecule has 1 saturated carbocycles. The fraction of sp³-hybridized carbons (Fsp3) is 0.514. The van der Waals surface area contributed by atoms with Crippen molar-refractivity contribution in [1.29, 1.82) is 0 Å². The van der Waals surface area contributed by atoms with Crippen molar-refractivity contribution >= 4 is 21.9 Å². The van der Waals surface area contributed by atoms with Crippen LogP contribution in [-0.4, -0.2) is 73.4 Å². The fourth-order valence-corrected chi connectivity index (χ4v) is 8.50. The number of carbonyl (C=O) groups excluding carboxylic acids is 1. The summed E-state index contributed by atoms with van der Waals surface area (Å²) in [4.78, 5) is 27.8. The van der Waals surface area contributed by atoms with E-state index in [1.54, 1.807) is 18.2 Å². The summed E-state index contributed by atoms with van der Waals surface area (Å²) in [7, 11) is -1.91. The Hall–Kier alpha value is -3.50. The molecule has 9 nitrogen and oxygen atoms in total. The van der Waals surface area contributed by atoms with Gasteiger partial charge in [0.15, 0.2) is 0 Å². The summed E-state index contributed by atoms with van der Waals surface area (Å²) in [5.41, 5.74) is 4.23. The lowest BCUT2D eigenvalue weighted by molar-refractivity contribution is -0.0264. The van der Waals surface area contributed by atoms with Crippen LogP contribution in [0.4, 0.5) is 5.95 Å². The summed E-state index contributed by atoms with van der Waals surface area (Å²) in [6, 6.07) is 13.8. The number of nitrogens with zero attached hydrogens (tertiary/aromatic N) is 4. The standard InChI is InChI=1S/C35H45N5O4S/c1-23(2)16-28-22-44-31-18-30(32-24(3)8-6-9-25(32)4)36-34(37-31)38-45(42,43)29-11-7-10-27(17-29)33(41)40(28)21-26-19-35(20-26)12-14-39(5)15-13-35/h6-11,17-18,23,26,28H,12-16,19-22H2,1-5H3,(H,36,37,38)/t28-/m1/s1. The van der Waals surface area contributed by atoms with Crippen molar-refractivity contribution < 1.29 is 17.9 Å². The molecule has 1 amide bonds. The second-order valence-corrected chi connectivity index (χ2v) is 15.6. The van der Waals surface area contributed by atoms with Crippen molar-refractivity contribution in [2.75, 3.05) is 38.0 Å². The molecule has 1 atom stereocenters. The van der Waals surface area contributed by atoms with Gasteiger partial charge in [-0.25, -0.2) is 18.1 Å². The summed E-state index contributed by atoms with van der Waals surface area (Å²) in [6.45, 7) is 11.4. The number of carbonyl (C=O) groups is 1. The lowest BCUT2D eigenvalue weighted by atomic mass is 9.57. The first-order chi connectivity index (χ1) is 21.4. The molecule has 0 unspecified atom stereocenters. The van der Waals surface area contributed by atoms with E-state index in [0.717, 1.165) is 49.0 Å². The van der Waals surface area contributed by atoms with Crippen LogP contribution in [0.15, 0.2) is 53.4 Å². The van der Waals surface area contributed by atoms with Gasteiger partial charge in [0.1, 0.15) is 6.61 Å². The number of aryl methyl sites for hydroxylation is 2. The van der Waals surface area contributed by atoms with Crippen LogP contribution in [0, 0.1) is 31.1 Å². The van der Waals surface area contributed by atoms with E-state index in [1.165, 1.54) is 25.0 Å². The number of aromatic nitrogens is 2. The molecule has 1 N–H and O–H groups in total. The average Bonchev–Trinajstić information content (AvgIpc) is 2.97. The van der Waals surface area contributed by atoms with Crippen molar-refractivity contribution in [3.63, 3.8) is 0 Å². The minimum atomic E-state index is -4.10. The number of ether oxygens (including phenoxy) is 1. The van der Waals surface area contributed by atoms with Crippen LogP contribution >= 0.6 is 0 Å². The molecule has 6 rings (SSSR count). The lowest BCUT2D eigenvalue weighted by Crippen LogP contribution is -2.52. The fourth-order valence-electron chi connectivity index (χ4n) is 7.51. The molecule has 1 saturated heterocycles. The molecule has 4 bridgehead atoms. The molecule has 2 aliphatic heterocycles. The molecule has 1 aromatic heterocycles. The first-order valence-corrected chi connectivity index (χ1v) is 17.6. The number of likely N-dealkylation sites (tertiary alicyclic amines) is 1. The van der Waals surface area contributed by atoms with Gasteiger partial charge in [0.2, 0.25) is 11.8 Å². The molecule has 1 spiro atoms. The number of nitrogens with one attached hydrogen (secondary N) is 1. The van der Waals surface area contributed by atoms with E-state index in [4.69, 9.17) is 4.74 Å². The zero-order valence-corrected chi connectivity index (χ0v) is 27.9. The van der Waals surface area contributed by atoms with Crippen LogP contribution in [0.25, 0.3) is 11.3 Å². The topological polar surface area (TPSA) is 105 Å². The van der Waals surface area contributed by atoms with Crippen molar-refractivity contribution in [3.8, 4) is 17.1 Å². The normalized spacial score (nSPS) is 21.7. The quantitative estimate of drug-likeness (QED) is 0.372. The Balaban J connectivity index is 1.39. The molecular formula is C35H45N5O4S. The monoisotopic (exact) mass is 631 g/mol. The molecule has 0 radical (unpaired) electrons. The predicted octanol–water partition coefficient (Wildman–Crippen LogP) is 5.93. The van der Waals surface area contributed by atoms with E-state index in [-0.39, 0.29) is 35.3 Å². The van der Waals surface area contributed by atoms with Crippen LogP contribution in [-0.2, 0) is 10.0 Å². The Morgan fingerprint density at radius 2 is 1.71 bits per heavy atom. The number of hydrogen-bond donors (Lipinski definition) is 1. The summed E-state index contributed by atoms with van der Waals surface area (Å²) in [6.07, 6.45) is 5.39. The molecule has 3 aromatic rings. The Bertz CT molecular complexity index is 1650. The molecular weight excluding hydrogens is 586 g/mol. The number of hydrogen-bond acceptors (Lipinski definition) is 7. The van der Waals surface area contributed by atoms with Gasteiger partial charge in [-0.3, -0.25) is 4.79 Å². The number of anilines is 1. The van der Waals surface area contributed by atoms with Crippen molar-refractivity contribution in [1.82, 2.24) is 19.8 Å². The zero-order chi connectivity index (χ0) is 31.9. The molecule has 10 heteroatoms. The minimum absolute atomic E-state index is 0.00887. The maximum absolute atomic E-state index is 14.3. The molecule has 3 aliphatic rings. The van der Waals surface area contributed by atoms with Crippen LogP contribution < -0.4 is 9.46 Å². The highest BCUT2D eigenvalue weighted by Crippen LogP contribution is 2.52. The second kappa shape index (κ2) is 12.4. The van der Waals surface area contributed by atoms with Gasteiger partial charge in [-0.2, -0.15) is 4.98 Å². The lowest BCUT2D eigenvalue weighted by Gasteiger charge is -2.53. The number of sulfonamides is 1. The third-order valence-corrected chi connectivity index (χ3v) is 11.2. The summed E-state index contributed by atoms with van der Waals surface area (Å²) in [5, 5.41) is 0. The van der Waals surface area contributed by atoms with E-state index in [0.29, 0.717) is 35.1 Å². The average molecular weight is 632 g/mol. The van der Waals surface area contributed by atoms with E-state index in [9.17, 15) is 13.2 Å². The summed E-state index contributed by atoms with van der Waals surface area (Å²) < 4.78 is 36.2. The van der Waals surface area contributed by atoms with Crippen molar-refractivity contribution in [2.24, 2.45) is 17.3 Å². The number of fused-ring (bicyclic) bond motifs is 4. The SMILES string of the molecule is Cc1cccc(C)c1-c1cc2nc(n1)NS(=O)(=O)c1cccc(c1)C(=O)N(CC1CC3(CCN(C)CC3)C1)[C@H](CC(C)C)CO2. The largest absolute Gasteiger partial charge is 0.475 e. The van der Waals surface area contributed by atoms with E-state index >= 15 is 0 Å². The Morgan fingerprint density at radius 3 is 2.40 bits per heavy atom. The van der Waals surface area contributed by atoms with Crippen LogP contribution in [0.2, 0.25) is 0 Å². The molecule has 2 aromatic carbocycles. The van der Waals surface area contributed by atoms with E-state index in [1.807, 2.05) is 36.9 Å². The number of rotatable bonds is 5. The van der Waals surface area contributed by atoms with Gasteiger partial charge >= 0.3 is 0 Å². The second-order valence-electron chi connectivity index (χ2n) is 13.9.